The van der Waals surface area contributed by atoms with Crippen molar-refractivity contribution in [2.24, 2.45) is 0 Å². The molecule has 0 saturated carbocycles. The van der Waals surface area contributed by atoms with Crippen LogP contribution in [0.1, 0.15) is 26.7 Å². The van der Waals surface area contributed by atoms with E-state index in [-0.39, 0.29) is 41.6 Å². The molecule has 10 heteroatoms. The number of hydrogen-bond acceptors (Lipinski definition) is 9. The summed E-state index contributed by atoms with van der Waals surface area (Å²) in [4.78, 5) is 21.2. The van der Waals surface area contributed by atoms with E-state index in [4.69, 9.17) is 15.2 Å². The Morgan fingerprint density at radius 3 is 2.68 bits per heavy atom. The van der Waals surface area contributed by atoms with Crippen LogP contribution in [-0.4, -0.2) is 59.4 Å². The molecule has 3 N–H and O–H groups in total. The molecule has 2 aliphatic rings. The first-order valence-corrected chi connectivity index (χ1v) is 8.51. The molecular formula is C15H24N6O4. The number of nitrogens with two attached hydrogens (primary N) is 1. The topological polar surface area (TPSA) is 129 Å². The fourth-order valence-electron chi connectivity index (χ4n) is 3.30. The maximum atomic E-state index is 11.5. The Hall–Kier alpha value is -2.20. The molecule has 0 radical (unpaired) electrons. The highest BCUT2D eigenvalue weighted by atomic mass is 16.6. The highest BCUT2D eigenvalue weighted by Gasteiger charge is 2.32. The summed E-state index contributed by atoms with van der Waals surface area (Å²) in [5.41, 5.74) is 5.60. The number of anilines is 3. The van der Waals surface area contributed by atoms with E-state index in [1.165, 1.54) is 0 Å². The summed E-state index contributed by atoms with van der Waals surface area (Å²) in [6, 6.07) is 0. The van der Waals surface area contributed by atoms with Crippen LogP contribution in [0, 0.1) is 10.1 Å². The summed E-state index contributed by atoms with van der Waals surface area (Å²) in [7, 11) is 0. The Labute approximate surface area is 145 Å². The van der Waals surface area contributed by atoms with Crippen LogP contribution in [0.15, 0.2) is 0 Å². The molecule has 2 fully saturated rings. The monoisotopic (exact) mass is 352 g/mol. The second-order valence-electron chi connectivity index (χ2n) is 6.54. The summed E-state index contributed by atoms with van der Waals surface area (Å²) < 4.78 is 11.3. The molecule has 0 aliphatic carbocycles. The second kappa shape index (κ2) is 7.36. The smallest absolute Gasteiger partial charge is 0.353 e. The summed E-state index contributed by atoms with van der Waals surface area (Å²) in [6.07, 6.45) is 2.00. The van der Waals surface area contributed by atoms with Gasteiger partial charge in [0, 0.05) is 26.2 Å². The van der Waals surface area contributed by atoms with E-state index in [0.29, 0.717) is 19.6 Å². The Morgan fingerprint density at radius 1 is 1.36 bits per heavy atom. The van der Waals surface area contributed by atoms with Crippen LogP contribution >= 0.6 is 0 Å². The number of rotatable bonds is 5. The molecule has 138 valence electrons. The van der Waals surface area contributed by atoms with Gasteiger partial charge in [0.25, 0.3) is 0 Å². The van der Waals surface area contributed by atoms with Crippen molar-refractivity contribution in [3.05, 3.63) is 10.1 Å². The van der Waals surface area contributed by atoms with Gasteiger partial charge >= 0.3 is 5.69 Å². The Bertz CT molecular complexity index is 627. The van der Waals surface area contributed by atoms with Gasteiger partial charge in [-0.1, -0.05) is 0 Å². The maximum absolute atomic E-state index is 11.5. The van der Waals surface area contributed by atoms with E-state index in [0.717, 1.165) is 19.4 Å². The largest absolute Gasteiger partial charge is 0.378 e. The van der Waals surface area contributed by atoms with Crippen molar-refractivity contribution in [3.63, 3.8) is 0 Å². The van der Waals surface area contributed by atoms with Crippen molar-refractivity contribution >= 4 is 23.3 Å². The van der Waals surface area contributed by atoms with Crippen LogP contribution < -0.4 is 16.0 Å². The highest BCUT2D eigenvalue weighted by Crippen LogP contribution is 2.33. The van der Waals surface area contributed by atoms with Crippen LogP contribution in [0.5, 0.6) is 0 Å². The molecule has 2 saturated heterocycles. The molecule has 0 aromatic carbocycles. The molecule has 1 aromatic rings. The van der Waals surface area contributed by atoms with E-state index in [9.17, 15) is 10.1 Å². The van der Waals surface area contributed by atoms with Crippen LogP contribution in [0.3, 0.4) is 0 Å². The Balaban J connectivity index is 1.86. The number of nitrogens with one attached hydrogen (secondary N) is 1. The lowest BCUT2D eigenvalue weighted by molar-refractivity contribution is -0.383. The van der Waals surface area contributed by atoms with E-state index < -0.39 is 4.92 Å². The summed E-state index contributed by atoms with van der Waals surface area (Å²) in [5.74, 6) is 0.367. The average Bonchev–Trinajstić information content (AvgIpc) is 3.04. The van der Waals surface area contributed by atoms with Gasteiger partial charge in [0.05, 0.1) is 23.2 Å². The molecule has 3 heterocycles. The summed E-state index contributed by atoms with van der Waals surface area (Å²) in [5, 5.41) is 14.6. The predicted octanol–water partition coefficient (Wildman–Crippen LogP) is 1.17. The van der Waals surface area contributed by atoms with Gasteiger partial charge in [0.15, 0.2) is 0 Å². The maximum Gasteiger partial charge on any atom is 0.353 e. The lowest BCUT2D eigenvalue weighted by Crippen LogP contribution is -2.46. The van der Waals surface area contributed by atoms with Gasteiger partial charge in [-0.25, -0.2) is 0 Å². The van der Waals surface area contributed by atoms with E-state index in [1.54, 1.807) is 0 Å². The zero-order valence-corrected chi connectivity index (χ0v) is 14.5. The normalized spacial score (nSPS) is 26.6. The SMILES string of the molecule is C[C@@H]1CN(c2nc(NC[C@H]3CCCO3)nc(N)c2[N+](=O)[O-])C[C@H](C)O1. The minimum atomic E-state index is -0.528. The molecule has 3 rings (SSSR count). The summed E-state index contributed by atoms with van der Waals surface area (Å²) in [6.45, 7) is 6.17. The molecule has 0 amide bonds. The first-order chi connectivity index (χ1) is 11.9. The van der Waals surface area contributed by atoms with Crippen molar-refractivity contribution in [2.45, 2.75) is 45.0 Å². The van der Waals surface area contributed by atoms with Crippen molar-refractivity contribution in [3.8, 4) is 0 Å². The zero-order chi connectivity index (χ0) is 18.0. The molecule has 1 aromatic heterocycles. The van der Waals surface area contributed by atoms with Crippen molar-refractivity contribution < 1.29 is 14.4 Å². The minimum Gasteiger partial charge on any atom is -0.378 e. The predicted molar refractivity (Wildman–Crippen MR) is 92.8 cm³/mol. The Morgan fingerprint density at radius 2 is 2.08 bits per heavy atom. The van der Waals surface area contributed by atoms with Crippen LogP contribution in [0.25, 0.3) is 0 Å². The highest BCUT2D eigenvalue weighted by molar-refractivity contribution is 5.71. The number of nitro groups is 1. The number of hydrogen-bond donors (Lipinski definition) is 2. The molecule has 25 heavy (non-hydrogen) atoms. The van der Waals surface area contributed by atoms with E-state index in [1.807, 2.05) is 18.7 Å². The van der Waals surface area contributed by atoms with Gasteiger partial charge in [-0.05, 0) is 26.7 Å². The quantitative estimate of drug-likeness (QED) is 0.592. The zero-order valence-electron chi connectivity index (χ0n) is 14.5. The fraction of sp³-hybridized carbons (Fsp3) is 0.733. The number of nitrogens with zero attached hydrogens (tertiary/aromatic N) is 4. The van der Waals surface area contributed by atoms with Crippen LogP contribution in [-0.2, 0) is 9.47 Å². The minimum absolute atomic E-state index is 0.0529. The van der Waals surface area contributed by atoms with Crippen molar-refractivity contribution in [1.29, 1.82) is 0 Å². The lowest BCUT2D eigenvalue weighted by atomic mass is 10.2. The lowest BCUT2D eigenvalue weighted by Gasteiger charge is -2.35. The third-order valence-electron chi connectivity index (χ3n) is 4.31. The number of aromatic nitrogens is 2. The van der Waals surface area contributed by atoms with Gasteiger partial charge in [-0.2, -0.15) is 9.97 Å². The van der Waals surface area contributed by atoms with Gasteiger partial charge in [-0.15, -0.1) is 0 Å². The molecule has 0 unspecified atom stereocenters. The standard InChI is InChI=1S/C15H24N6O4/c1-9-7-20(8-10(2)25-9)14-12(21(22)23)13(16)18-15(19-14)17-6-11-4-3-5-24-11/h9-11H,3-8H2,1-2H3,(H3,16,17,18,19)/t9-,10+,11-/m1/s1. The third kappa shape index (κ3) is 4.07. The van der Waals surface area contributed by atoms with E-state index >= 15 is 0 Å². The Kier molecular flexibility index (Phi) is 5.19. The molecular weight excluding hydrogens is 328 g/mol. The fourth-order valence-corrected chi connectivity index (χ4v) is 3.30. The average molecular weight is 352 g/mol. The molecule has 0 bridgehead atoms. The van der Waals surface area contributed by atoms with Gasteiger partial charge in [0.2, 0.25) is 17.6 Å². The molecule has 3 atom stereocenters. The number of morpholine rings is 1. The van der Waals surface area contributed by atoms with Gasteiger partial charge in [-0.3, -0.25) is 10.1 Å². The van der Waals surface area contributed by atoms with Gasteiger partial charge < -0.3 is 25.4 Å². The number of nitrogen functional groups attached to an aromatic ring is 1. The van der Waals surface area contributed by atoms with E-state index in [2.05, 4.69) is 15.3 Å². The van der Waals surface area contributed by atoms with Crippen LogP contribution in [0.4, 0.5) is 23.3 Å². The molecule has 0 spiro atoms. The first kappa shape index (κ1) is 17.6. The number of ether oxygens (including phenoxy) is 2. The second-order valence-corrected chi connectivity index (χ2v) is 6.54. The summed E-state index contributed by atoms with van der Waals surface area (Å²) >= 11 is 0. The first-order valence-electron chi connectivity index (χ1n) is 8.51. The van der Waals surface area contributed by atoms with Gasteiger partial charge in [0.1, 0.15) is 0 Å². The van der Waals surface area contributed by atoms with Crippen LogP contribution in [0.2, 0.25) is 0 Å². The van der Waals surface area contributed by atoms with Crippen molar-refractivity contribution in [2.75, 3.05) is 42.2 Å². The van der Waals surface area contributed by atoms with Crippen molar-refractivity contribution in [1.82, 2.24) is 9.97 Å². The molecule has 2 aliphatic heterocycles. The third-order valence-corrected chi connectivity index (χ3v) is 4.31. The molecule has 10 nitrogen and oxygen atoms in total.